The Morgan fingerprint density at radius 3 is 2.75 bits per heavy atom. The Kier molecular flexibility index (Phi) is 4.70. The van der Waals surface area contributed by atoms with E-state index in [1.165, 1.54) is 6.07 Å². The van der Waals surface area contributed by atoms with E-state index < -0.39 is 11.7 Å². The largest absolute Gasteiger partial charge is 0.416 e. The van der Waals surface area contributed by atoms with Gasteiger partial charge in [0.25, 0.3) is 0 Å². The van der Waals surface area contributed by atoms with Crippen molar-refractivity contribution in [2.24, 2.45) is 5.92 Å². The van der Waals surface area contributed by atoms with Crippen molar-refractivity contribution in [1.29, 1.82) is 0 Å². The highest BCUT2D eigenvalue weighted by Crippen LogP contribution is 2.33. The van der Waals surface area contributed by atoms with Crippen LogP contribution in [0.5, 0.6) is 0 Å². The highest BCUT2D eigenvalue weighted by Gasteiger charge is 2.31. The van der Waals surface area contributed by atoms with Crippen LogP contribution in [0.1, 0.15) is 18.4 Å². The number of hydrogen-bond acceptors (Lipinski definition) is 2. The molecule has 0 aromatic heterocycles. The van der Waals surface area contributed by atoms with Gasteiger partial charge in [0.1, 0.15) is 0 Å². The molecule has 1 atom stereocenters. The first-order chi connectivity index (χ1) is 9.34. The third kappa shape index (κ3) is 4.21. The summed E-state index contributed by atoms with van der Waals surface area (Å²) in [7, 11) is 0. The summed E-state index contributed by atoms with van der Waals surface area (Å²) in [5.74, 6) is -0.00540. The Bertz CT molecular complexity index is 499. The maximum Gasteiger partial charge on any atom is 0.416 e. The van der Waals surface area contributed by atoms with Crippen molar-refractivity contribution in [3.05, 3.63) is 28.2 Å². The molecule has 0 aliphatic carbocycles. The van der Waals surface area contributed by atoms with E-state index in [2.05, 4.69) is 26.6 Å². The second kappa shape index (κ2) is 6.13. The molecule has 1 heterocycles. The van der Waals surface area contributed by atoms with E-state index in [0.717, 1.165) is 31.6 Å². The zero-order valence-corrected chi connectivity index (χ0v) is 12.1. The fraction of sp³-hybridized carbons (Fsp3) is 0.462. The van der Waals surface area contributed by atoms with E-state index in [4.69, 9.17) is 0 Å². The van der Waals surface area contributed by atoms with Crippen LogP contribution in [0.25, 0.3) is 0 Å². The van der Waals surface area contributed by atoms with Crippen LogP contribution in [0.4, 0.5) is 18.9 Å². The Balaban J connectivity index is 2.04. The molecule has 3 nitrogen and oxygen atoms in total. The van der Waals surface area contributed by atoms with Crippen molar-refractivity contribution in [3.63, 3.8) is 0 Å². The van der Waals surface area contributed by atoms with E-state index >= 15 is 0 Å². The monoisotopic (exact) mass is 350 g/mol. The second-order valence-electron chi connectivity index (χ2n) is 4.84. The third-order valence-corrected chi connectivity index (χ3v) is 3.60. The van der Waals surface area contributed by atoms with Crippen LogP contribution < -0.4 is 10.6 Å². The van der Waals surface area contributed by atoms with Crippen LogP contribution in [-0.2, 0) is 11.0 Å². The van der Waals surface area contributed by atoms with Gasteiger partial charge < -0.3 is 10.6 Å². The number of hydrogen-bond donors (Lipinski definition) is 2. The molecular formula is C13H14BrF3N2O. The Hall–Kier alpha value is -1.08. The normalized spacial score (nSPS) is 19.1. The first-order valence-electron chi connectivity index (χ1n) is 6.23. The first kappa shape index (κ1) is 15.3. The van der Waals surface area contributed by atoms with Crippen LogP contribution in [0.3, 0.4) is 0 Å². The van der Waals surface area contributed by atoms with E-state index in [0.29, 0.717) is 6.42 Å². The highest BCUT2D eigenvalue weighted by atomic mass is 79.9. The molecule has 20 heavy (non-hydrogen) atoms. The van der Waals surface area contributed by atoms with Gasteiger partial charge in [-0.2, -0.15) is 13.2 Å². The van der Waals surface area contributed by atoms with Crippen molar-refractivity contribution in [3.8, 4) is 0 Å². The third-order valence-electron chi connectivity index (χ3n) is 3.15. The maximum atomic E-state index is 12.7. The van der Waals surface area contributed by atoms with Crippen LogP contribution >= 0.6 is 15.9 Å². The molecule has 0 saturated carbocycles. The van der Waals surface area contributed by atoms with Gasteiger partial charge in [-0.15, -0.1) is 0 Å². The number of anilines is 1. The summed E-state index contributed by atoms with van der Waals surface area (Å²) in [6.07, 6.45) is -3.20. The molecule has 1 aliphatic rings. The zero-order chi connectivity index (χ0) is 14.8. The summed E-state index contributed by atoms with van der Waals surface area (Å²) >= 11 is 3.02. The van der Waals surface area contributed by atoms with Crippen molar-refractivity contribution < 1.29 is 18.0 Å². The molecule has 0 radical (unpaired) electrons. The van der Waals surface area contributed by atoms with Crippen LogP contribution in [-0.4, -0.2) is 19.0 Å². The van der Waals surface area contributed by atoms with E-state index in [-0.39, 0.29) is 22.0 Å². The smallest absolute Gasteiger partial charge is 0.326 e. The number of carbonyl (C=O) groups is 1. The lowest BCUT2D eigenvalue weighted by Gasteiger charge is -2.12. The molecule has 1 aromatic carbocycles. The summed E-state index contributed by atoms with van der Waals surface area (Å²) in [5.41, 5.74) is -0.632. The van der Waals surface area contributed by atoms with Gasteiger partial charge in [0.15, 0.2) is 0 Å². The minimum atomic E-state index is -4.43. The molecule has 1 saturated heterocycles. The van der Waals surface area contributed by atoms with Crippen molar-refractivity contribution in [2.75, 3.05) is 18.4 Å². The van der Waals surface area contributed by atoms with Gasteiger partial charge in [-0.3, -0.25) is 4.79 Å². The maximum absolute atomic E-state index is 12.7. The predicted molar refractivity (Wildman–Crippen MR) is 73.4 cm³/mol. The topological polar surface area (TPSA) is 41.1 Å². The standard InChI is InChI=1S/C13H14BrF3N2O/c14-10-4-9(13(15,16)17)5-11(6-10)19-12(20)3-8-1-2-18-7-8/h4-6,8,18H,1-3,7H2,(H,19,20). The fourth-order valence-corrected chi connectivity index (χ4v) is 2.68. The van der Waals surface area contributed by atoms with Crippen molar-refractivity contribution in [2.45, 2.75) is 19.0 Å². The minimum absolute atomic E-state index is 0.155. The lowest BCUT2D eigenvalue weighted by molar-refractivity contribution is -0.137. The zero-order valence-electron chi connectivity index (χ0n) is 10.6. The molecule has 2 rings (SSSR count). The molecule has 1 aliphatic heterocycles. The Morgan fingerprint density at radius 1 is 1.40 bits per heavy atom. The van der Waals surface area contributed by atoms with Gasteiger partial charge in [-0.1, -0.05) is 15.9 Å². The molecule has 0 spiro atoms. The van der Waals surface area contributed by atoms with Gasteiger partial charge in [0.2, 0.25) is 5.91 Å². The Labute approximate surface area is 123 Å². The molecule has 7 heteroatoms. The summed E-state index contributed by atoms with van der Waals surface area (Å²) < 4.78 is 38.3. The molecule has 2 N–H and O–H groups in total. The van der Waals surface area contributed by atoms with Gasteiger partial charge in [-0.05, 0) is 43.6 Å². The lowest BCUT2D eigenvalue weighted by atomic mass is 10.0. The Morgan fingerprint density at radius 2 is 2.15 bits per heavy atom. The first-order valence-corrected chi connectivity index (χ1v) is 7.02. The molecule has 0 bridgehead atoms. The quantitative estimate of drug-likeness (QED) is 0.876. The minimum Gasteiger partial charge on any atom is -0.326 e. The van der Waals surface area contributed by atoms with Gasteiger partial charge in [-0.25, -0.2) is 0 Å². The lowest BCUT2D eigenvalue weighted by Crippen LogP contribution is -2.18. The molecule has 1 aromatic rings. The molecule has 1 unspecified atom stereocenters. The van der Waals surface area contributed by atoms with Crippen molar-refractivity contribution in [1.82, 2.24) is 5.32 Å². The number of rotatable bonds is 3. The average molecular weight is 351 g/mol. The highest BCUT2D eigenvalue weighted by molar-refractivity contribution is 9.10. The number of amides is 1. The van der Waals surface area contributed by atoms with Crippen molar-refractivity contribution >= 4 is 27.5 Å². The molecule has 1 amide bonds. The molecule has 110 valence electrons. The summed E-state index contributed by atoms with van der Waals surface area (Å²) in [5, 5.41) is 5.67. The van der Waals surface area contributed by atoms with Crippen LogP contribution in [0, 0.1) is 5.92 Å². The fourth-order valence-electron chi connectivity index (χ4n) is 2.19. The van der Waals surface area contributed by atoms with E-state index in [1.54, 1.807) is 0 Å². The van der Waals surface area contributed by atoms with E-state index in [1.807, 2.05) is 0 Å². The number of halogens is 4. The number of alkyl halides is 3. The molecular weight excluding hydrogens is 337 g/mol. The SMILES string of the molecule is O=C(CC1CCNC1)Nc1cc(Br)cc(C(F)(F)F)c1. The summed E-state index contributed by atoms with van der Waals surface area (Å²) in [6.45, 7) is 1.66. The summed E-state index contributed by atoms with van der Waals surface area (Å²) in [6, 6.07) is 3.38. The van der Waals surface area contributed by atoms with Gasteiger partial charge >= 0.3 is 6.18 Å². The number of benzene rings is 1. The number of nitrogens with one attached hydrogen (secondary N) is 2. The van der Waals surface area contributed by atoms with Gasteiger partial charge in [0.05, 0.1) is 5.56 Å². The van der Waals surface area contributed by atoms with Gasteiger partial charge in [0, 0.05) is 16.6 Å². The van der Waals surface area contributed by atoms with Crippen LogP contribution in [0.2, 0.25) is 0 Å². The molecule has 1 fully saturated rings. The number of carbonyl (C=O) groups excluding carboxylic acids is 1. The van der Waals surface area contributed by atoms with Crippen LogP contribution in [0.15, 0.2) is 22.7 Å². The second-order valence-corrected chi connectivity index (χ2v) is 5.75. The predicted octanol–water partition coefficient (Wildman–Crippen LogP) is 3.41. The average Bonchev–Trinajstić information content (AvgIpc) is 2.79. The van der Waals surface area contributed by atoms with E-state index in [9.17, 15) is 18.0 Å². The summed E-state index contributed by atoms with van der Waals surface area (Å²) in [4.78, 5) is 11.8.